The van der Waals surface area contributed by atoms with Gasteiger partial charge in [0, 0.05) is 13.1 Å². The van der Waals surface area contributed by atoms with Crippen molar-refractivity contribution in [2.75, 3.05) is 11.9 Å². The Hall–Kier alpha value is -1.07. The van der Waals surface area contributed by atoms with Gasteiger partial charge in [0.15, 0.2) is 0 Å². The number of rotatable bonds is 5. The summed E-state index contributed by atoms with van der Waals surface area (Å²) >= 11 is 6.07. The van der Waals surface area contributed by atoms with Crippen LogP contribution in [0.2, 0.25) is 5.02 Å². The third-order valence-corrected chi connectivity index (χ3v) is 4.72. The van der Waals surface area contributed by atoms with Crippen LogP contribution in [0.25, 0.3) is 0 Å². The maximum Gasteiger partial charge on any atom is 0.291 e. The molecule has 0 aromatic carbocycles. The van der Waals surface area contributed by atoms with Crippen molar-refractivity contribution >= 4 is 17.3 Å². The van der Waals surface area contributed by atoms with E-state index in [-0.39, 0.29) is 11.7 Å². The molecule has 5 nitrogen and oxygen atoms in total. The van der Waals surface area contributed by atoms with E-state index in [1.807, 2.05) is 0 Å². The molecule has 6 heteroatoms. The Labute approximate surface area is 122 Å². The highest BCUT2D eigenvalue weighted by atomic mass is 35.5. The first-order valence-corrected chi connectivity index (χ1v) is 7.69. The lowest BCUT2D eigenvalue weighted by molar-refractivity contribution is 0.0487. The topological polar surface area (TPSA) is 67.2 Å². The predicted molar refractivity (Wildman–Crippen MR) is 78.1 cm³/mol. The van der Waals surface area contributed by atoms with Gasteiger partial charge in [-0.05, 0) is 37.5 Å². The molecule has 0 amide bonds. The molecule has 0 bridgehead atoms. The first-order chi connectivity index (χ1) is 9.63. The Bertz CT molecular complexity index is 536. The molecular formula is C14H20ClN3O2. The zero-order chi connectivity index (χ0) is 14.1. The van der Waals surface area contributed by atoms with Crippen molar-refractivity contribution in [3.05, 3.63) is 21.6 Å². The van der Waals surface area contributed by atoms with Crippen LogP contribution >= 0.6 is 11.6 Å². The molecular weight excluding hydrogens is 278 g/mol. The highest BCUT2D eigenvalue weighted by Crippen LogP contribution is 2.29. The summed E-state index contributed by atoms with van der Waals surface area (Å²) < 4.78 is 1.52. The largest absolute Gasteiger partial charge is 0.393 e. The van der Waals surface area contributed by atoms with Gasteiger partial charge in [-0.3, -0.25) is 4.79 Å². The summed E-state index contributed by atoms with van der Waals surface area (Å²) in [5, 5.41) is 16.9. The van der Waals surface area contributed by atoms with Crippen molar-refractivity contribution < 1.29 is 5.11 Å². The fourth-order valence-corrected chi connectivity index (χ4v) is 2.98. The summed E-state index contributed by atoms with van der Waals surface area (Å²) in [5.41, 5.74) is 0.312. The van der Waals surface area contributed by atoms with E-state index in [1.165, 1.54) is 23.9 Å². The van der Waals surface area contributed by atoms with Gasteiger partial charge in [0.05, 0.1) is 17.3 Å². The number of hydrogen-bond donors (Lipinski definition) is 2. The summed E-state index contributed by atoms with van der Waals surface area (Å²) in [6, 6.07) is 0. The van der Waals surface area contributed by atoms with Crippen molar-refractivity contribution in [1.82, 2.24) is 9.78 Å². The van der Waals surface area contributed by atoms with Gasteiger partial charge in [-0.1, -0.05) is 18.0 Å². The van der Waals surface area contributed by atoms with Crippen molar-refractivity contribution in [3.8, 4) is 0 Å². The molecule has 110 valence electrons. The van der Waals surface area contributed by atoms with Gasteiger partial charge in [0.1, 0.15) is 5.69 Å². The Morgan fingerprint density at radius 2 is 2.15 bits per heavy atom. The van der Waals surface area contributed by atoms with Crippen LogP contribution in [0.4, 0.5) is 5.69 Å². The van der Waals surface area contributed by atoms with Gasteiger partial charge >= 0.3 is 0 Å². The molecule has 0 aliphatic heterocycles. The van der Waals surface area contributed by atoms with E-state index < -0.39 is 0 Å². The molecule has 2 fully saturated rings. The van der Waals surface area contributed by atoms with E-state index in [0.717, 1.165) is 12.8 Å². The molecule has 1 aromatic heterocycles. The minimum Gasteiger partial charge on any atom is -0.393 e. The van der Waals surface area contributed by atoms with E-state index in [9.17, 15) is 9.90 Å². The van der Waals surface area contributed by atoms with E-state index in [2.05, 4.69) is 10.4 Å². The molecule has 20 heavy (non-hydrogen) atoms. The molecule has 2 aliphatic carbocycles. The van der Waals surface area contributed by atoms with Crippen LogP contribution in [0.15, 0.2) is 11.0 Å². The standard InChI is InChI=1S/C14H20ClN3O2/c15-12-7-17-18(8-9-2-1-3-9)14(20)13(12)16-6-10-4-11(19)5-10/h7,9-11,16,19H,1-6,8H2. The van der Waals surface area contributed by atoms with E-state index in [1.54, 1.807) is 6.20 Å². The molecule has 0 saturated heterocycles. The summed E-state index contributed by atoms with van der Waals surface area (Å²) in [5.74, 6) is 1.00. The molecule has 0 radical (unpaired) electrons. The summed E-state index contributed by atoms with van der Waals surface area (Å²) in [6.45, 7) is 1.37. The molecule has 2 saturated carbocycles. The highest BCUT2D eigenvalue weighted by molar-refractivity contribution is 6.32. The molecule has 2 aliphatic rings. The van der Waals surface area contributed by atoms with Crippen LogP contribution in [0, 0.1) is 11.8 Å². The number of aliphatic hydroxyl groups is 1. The minimum atomic E-state index is -0.176. The zero-order valence-electron chi connectivity index (χ0n) is 11.4. The number of hydrogen-bond acceptors (Lipinski definition) is 4. The second kappa shape index (κ2) is 5.74. The van der Waals surface area contributed by atoms with Crippen molar-refractivity contribution in [1.29, 1.82) is 0 Å². The van der Waals surface area contributed by atoms with Crippen molar-refractivity contribution in [2.24, 2.45) is 11.8 Å². The van der Waals surface area contributed by atoms with Gasteiger partial charge in [-0.2, -0.15) is 5.10 Å². The summed E-state index contributed by atoms with van der Waals surface area (Å²) in [7, 11) is 0. The maximum absolute atomic E-state index is 12.4. The first-order valence-electron chi connectivity index (χ1n) is 7.31. The van der Waals surface area contributed by atoms with E-state index in [0.29, 0.717) is 35.6 Å². The average Bonchev–Trinajstić information content (AvgIpc) is 2.33. The highest BCUT2D eigenvalue weighted by Gasteiger charge is 2.27. The fraction of sp³-hybridized carbons (Fsp3) is 0.714. The molecule has 1 aromatic rings. The fourth-order valence-electron chi connectivity index (χ4n) is 2.79. The van der Waals surface area contributed by atoms with E-state index in [4.69, 9.17) is 11.6 Å². The average molecular weight is 298 g/mol. The van der Waals surface area contributed by atoms with Gasteiger partial charge in [0.2, 0.25) is 0 Å². The first kappa shape index (κ1) is 13.9. The van der Waals surface area contributed by atoms with Crippen molar-refractivity contribution in [3.63, 3.8) is 0 Å². The van der Waals surface area contributed by atoms with Gasteiger partial charge in [0.25, 0.3) is 5.56 Å². The van der Waals surface area contributed by atoms with Gasteiger partial charge in [-0.15, -0.1) is 0 Å². The van der Waals surface area contributed by atoms with Crippen molar-refractivity contribution in [2.45, 2.75) is 44.8 Å². The second-order valence-corrected chi connectivity index (χ2v) is 6.43. The van der Waals surface area contributed by atoms with Crippen LogP contribution in [-0.2, 0) is 6.54 Å². The van der Waals surface area contributed by atoms with Crippen LogP contribution < -0.4 is 10.9 Å². The number of aromatic nitrogens is 2. The monoisotopic (exact) mass is 297 g/mol. The third-order valence-electron chi connectivity index (χ3n) is 4.43. The number of aliphatic hydroxyl groups excluding tert-OH is 1. The molecule has 0 atom stereocenters. The number of halogens is 1. The van der Waals surface area contributed by atoms with Crippen LogP contribution in [0.1, 0.15) is 32.1 Å². The van der Waals surface area contributed by atoms with Gasteiger partial charge < -0.3 is 10.4 Å². The number of nitrogens with one attached hydrogen (secondary N) is 1. The normalized spacial score (nSPS) is 25.9. The number of anilines is 1. The lowest BCUT2D eigenvalue weighted by Crippen LogP contribution is -2.35. The maximum atomic E-state index is 12.4. The SMILES string of the molecule is O=c1c(NCC2CC(O)C2)c(Cl)cnn1CC1CCC1. The minimum absolute atomic E-state index is 0.135. The van der Waals surface area contributed by atoms with Crippen LogP contribution in [-0.4, -0.2) is 27.5 Å². The molecule has 1 heterocycles. The molecule has 3 rings (SSSR count). The summed E-state index contributed by atoms with van der Waals surface area (Å²) in [6.07, 6.45) is 6.57. The molecule has 2 N–H and O–H groups in total. The van der Waals surface area contributed by atoms with Crippen LogP contribution in [0.5, 0.6) is 0 Å². The second-order valence-electron chi connectivity index (χ2n) is 6.02. The quantitative estimate of drug-likeness (QED) is 0.871. The Balaban J connectivity index is 1.68. The lowest BCUT2D eigenvalue weighted by Gasteiger charge is -2.31. The Kier molecular flexibility index (Phi) is 3.98. The Morgan fingerprint density at radius 3 is 2.75 bits per heavy atom. The van der Waals surface area contributed by atoms with Crippen LogP contribution in [0.3, 0.4) is 0 Å². The molecule has 0 unspecified atom stereocenters. The zero-order valence-corrected chi connectivity index (χ0v) is 12.1. The van der Waals surface area contributed by atoms with Gasteiger partial charge in [-0.25, -0.2) is 4.68 Å². The molecule has 0 spiro atoms. The predicted octanol–water partition coefficient (Wildman–Crippen LogP) is 1.88. The lowest BCUT2D eigenvalue weighted by atomic mass is 9.82. The third kappa shape index (κ3) is 2.83. The summed E-state index contributed by atoms with van der Waals surface area (Å²) in [4.78, 5) is 12.4. The smallest absolute Gasteiger partial charge is 0.291 e. The number of nitrogens with zero attached hydrogens (tertiary/aromatic N) is 2. The van der Waals surface area contributed by atoms with E-state index >= 15 is 0 Å². The Morgan fingerprint density at radius 1 is 1.40 bits per heavy atom.